The Bertz CT molecular complexity index is 757. The predicted molar refractivity (Wildman–Crippen MR) is 95.3 cm³/mol. The number of carboxylic acid groups (broad SMARTS) is 1. The lowest BCUT2D eigenvalue weighted by Crippen LogP contribution is -2.45. The molecule has 7 nitrogen and oxygen atoms in total. The third kappa shape index (κ3) is 5.87. The number of carboxylic acids is 1. The summed E-state index contributed by atoms with van der Waals surface area (Å²) in [6, 6.07) is 8.65. The van der Waals surface area contributed by atoms with Gasteiger partial charge in [-0.25, -0.2) is 14.8 Å². The van der Waals surface area contributed by atoms with Crippen molar-refractivity contribution in [2.24, 2.45) is 0 Å². The van der Waals surface area contributed by atoms with E-state index in [0.29, 0.717) is 17.9 Å². The average molecular weight is 342 g/mol. The molecule has 0 fully saturated rings. The number of nitrogens with one attached hydrogen (secondary N) is 2. The Morgan fingerprint density at radius 2 is 1.84 bits per heavy atom. The van der Waals surface area contributed by atoms with E-state index in [4.69, 9.17) is 5.11 Å². The summed E-state index contributed by atoms with van der Waals surface area (Å²) in [5.41, 5.74) is 1.76. The normalized spacial score (nSPS) is 11.0. The standard InChI is InChI=1S/C18H22N4O3/c1-12-9-11-19-16(20-12)13-4-6-14(7-5-13)21-17(25)22-18(2,3)10-8-15(23)24/h4-7,9,11H,8,10H2,1-3H3,(H,23,24)(H2,21,22,25). The highest BCUT2D eigenvalue weighted by Gasteiger charge is 2.21. The third-order valence-corrected chi connectivity index (χ3v) is 3.61. The molecule has 2 rings (SSSR count). The van der Waals surface area contributed by atoms with Crippen molar-refractivity contribution in [3.63, 3.8) is 0 Å². The number of nitrogens with zero attached hydrogens (tertiary/aromatic N) is 2. The number of benzene rings is 1. The fraction of sp³-hybridized carbons (Fsp3) is 0.333. The molecule has 1 aromatic heterocycles. The van der Waals surface area contributed by atoms with Crippen molar-refractivity contribution >= 4 is 17.7 Å². The smallest absolute Gasteiger partial charge is 0.319 e. The fourth-order valence-corrected chi connectivity index (χ4v) is 2.24. The summed E-state index contributed by atoms with van der Waals surface area (Å²) in [5.74, 6) is -0.255. The lowest BCUT2D eigenvalue weighted by Gasteiger charge is -2.25. The molecule has 0 aliphatic heterocycles. The number of amides is 2. The van der Waals surface area contributed by atoms with Crippen LogP contribution in [-0.2, 0) is 4.79 Å². The SMILES string of the molecule is Cc1ccnc(-c2ccc(NC(=O)NC(C)(C)CCC(=O)O)cc2)n1. The van der Waals surface area contributed by atoms with Gasteiger partial charge in [0.15, 0.2) is 5.82 Å². The van der Waals surface area contributed by atoms with E-state index in [0.717, 1.165) is 11.3 Å². The maximum atomic E-state index is 12.1. The van der Waals surface area contributed by atoms with Crippen LogP contribution in [0.1, 0.15) is 32.4 Å². The van der Waals surface area contributed by atoms with E-state index < -0.39 is 11.5 Å². The molecule has 3 N–H and O–H groups in total. The molecule has 0 saturated carbocycles. The summed E-state index contributed by atoms with van der Waals surface area (Å²) in [4.78, 5) is 31.3. The predicted octanol–water partition coefficient (Wildman–Crippen LogP) is 3.22. The zero-order chi connectivity index (χ0) is 18.4. The van der Waals surface area contributed by atoms with Crippen molar-refractivity contribution < 1.29 is 14.7 Å². The second-order valence-electron chi connectivity index (χ2n) is 6.46. The molecule has 0 aliphatic rings. The van der Waals surface area contributed by atoms with Gasteiger partial charge in [0, 0.05) is 35.1 Å². The number of aryl methyl sites for hydroxylation is 1. The number of anilines is 1. The second-order valence-corrected chi connectivity index (χ2v) is 6.46. The first-order chi connectivity index (χ1) is 11.7. The van der Waals surface area contributed by atoms with Gasteiger partial charge in [-0.2, -0.15) is 0 Å². The molecule has 0 saturated heterocycles. The van der Waals surface area contributed by atoms with E-state index in [2.05, 4.69) is 20.6 Å². The van der Waals surface area contributed by atoms with Gasteiger partial charge in [0.05, 0.1) is 0 Å². The van der Waals surface area contributed by atoms with Gasteiger partial charge in [-0.3, -0.25) is 4.79 Å². The van der Waals surface area contributed by atoms with Crippen LogP contribution in [0.15, 0.2) is 36.5 Å². The van der Waals surface area contributed by atoms with Gasteiger partial charge in [-0.1, -0.05) is 0 Å². The molecular formula is C18H22N4O3. The number of aliphatic carboxylic acids is 1. The highest BCUT2D eigenvalue weighted by molar-refractivity contribution is 5.90. The van der Waals surface area contributed by atoms with E-state index in [1.165, 1.54) is 0 Å². The second kappa shape index (κ2) is 7.74. The number of urea groups is 1. The molecular weight excluding hydrogens is 320 g/mol. The molecule has 2 aromatic rings. The molecule has 0 unspecified atom stereocenters. The Labute approximate surface area is 146 Å². The van der Waals surface area contributed by atoms with Crippen LogP contribution >= 0.6 is 0 Å². The number of hydrogen-bond acceptors (Lipinski definition) is 4. The van der Waals surface area contributed by atoms with Gasteiger partial charge < -0.3 is 15.7 Å². The summed E-state index contributed by atoms with van der Waals surface area (Å²) in [6.45, 7) is 5.47. The highest BCUT2D eigenvalue weighted by atomic mass is 16.4. The number of rotatable bonds is 6. The topological polar surface area (TPSA) is 104 Å². The molecule has 132 valence electrons. The van der Waals surface area contributed by atoms with Crippen molar-refractivity contribution in [1.29, 1.82) is 0 Å². The van der Waals surface area contributed by atoms with Crippen molar-refractivity contribution in [1.82, 2.24) is 15.3 Å². The monoisotopic (exact) mass is 342 g/mol. The zero-order valence-corrected chi connectivity index (χ0v) is 14.5. The molecule has 0 bridgehead atoms. The first-order valence-electron chi connectivity index (χ1n) is 7.96. The quantitative estimate of drug-likeness (QED) is 0.748. The lowest BCUT2D eigenvalue weighted by molar-refractivity contribution is -0.137. The molecule has 1 aromatic carbocycles. The number of carbonyl (C=O) groups is 2. The minimum atomic E-state index is -0.885. The molecule has 25 heavy (non-hydrogen) atoms. The van der Waals surface area contributed by atoms with E-state index in [1.54, 1.807) is 32.2 Å². The van der Waals surface area contributed by atoms with Crippen LogP contribution in [0.5, 0.6) is 0 Å². The number of carbonyl (C=O) groups excluding carboxylic acids is 1. The van der Waals surface area contributed by atoms with Gasteiger partial charge in [-0.05, 0) is 57.5 Å². The van der Waals surface area contributed by atoms with Crippen LogP contribution in [0, 0.1) is 6.92 Å². The maximum absolute atomic E-state index is 12.1. The van der Waals surface area contributed by atoms with Gasteiger partial charge in [0.25, 0.3) is 0 Å². The third-order valence-electron chi connectivity index (χ3n) is 3.61. The van der Waals surface area contributed by atoms with Crippen molar-refractivity contribution in [2.75, 3.05) is 5.32 Å². The fourth-order valence-electron chi connectivity index (χ4n) is 2.24. The summed E-state index contributed by atoms with van der Waals surface area (Å²) in [5, 5.41) is 14.3. The lowest BCUT2D eigenvalue weighted by atomic mass is 9.99. The van der Waals surface area contributed by atoms with Crippen LogP contribution in [0.2, 0.25) is 0 Å². The summed E-state index contributed by atoms with van der Waals surface area (Å²) in [7, 11) is 0. The van der Waals surface area contributed by atoms with Gasteiger partial charge >= 0.3 is 12.0 Å². The Balaban J connectivity index is 1.96. The number of hydrogen-bond donors (Lipinski definition) is 3. The summed E-state index contributed by atoms with van der Waals surface area (Å²) in [6.07, 6.45) is 2.05. The van der Waals surface area contributed by atoms with Gasteiger partial charge in [-0.15, -0.1) is 0 Å². The minimum Gasteiger partial charge on any atom is -0.481 e. The Morgan fingerprint density at radius 1 is 1.16 bits per heavy atom. The van der Waals surface area contributed by atoms with Crippen LogP contribution in [0.3, 0.4) is 0 Å². The van der Waals surface area contributed by atoms with Crippen molar-refractivity contribution in [2.45, 2.75) is 39.2 Å². The number of aromatic nitrogens is 2. The van der Waals surface area contributed by atoms with Crippen LogP contribution in [-0.4, -0.2) is 32.6 Å². The minimum absolute atomic E-state index is 0.00152. The van der Waals surface area contributed by atoms with Crippen LogP contribution in [0.25, 0.3) is 11.4 Å². The average Bonchev–Trinajstić information content (AvgIpc) is 2.53. The van der Waals surface area contributed by atoms with E-state index in [9.17, 15) is 9.59 Å². The van der Waals surface area contributed by atoms with E-state index in [1.807, 2.05) is 25.1 Å². The Kier molecular flexibility index (Phi) is 5.69. The highest BCUT2D eigenvalue weighted by Crippen LogP contribution is 2.18. The first-order valence-corrected chi connectivity index (χ1v) is 7.96. The molecule has 0 radical (unpaired) electrons. The van der Waals surface area contributed by atoms with E-state index in [-0.39, 0.29) is 12.5 Å². The molecule has 1 heterocycles. The Morgan fingerprint density at radius 3 is 2.44 bits per heavy atom. The summed E-state index contributed by atoms with van der Waals surface area (Å²) >= 11 is 0. The van der Waals surface area contributed by atoms with Crippen molar-refractivity contribution in [3.8, 4) is 11.4 Å². The molecule has 7 heteroatoms. The van der Waals surface area contributed by atoms with Crippen LogP contribution in [0.4, 0.5) is 10.5 Å². The van der Waals surface area contributed by atoms with Crippen LogP contribution < -0.4 is 10.6 Å². The largest absolute Gasteiger partial charge is 0.481 e. The first kappa shape index (κ1) is 18.4. The zero-order valence-electron chi connectivity index (χ0n) is 14.5. The van der Waals surface area contributed by atoms with Gasteiger partial charge in [0.2, 0.25) is 0 Å². The molecule has 0 atom stereocenters. The molecule has 2 amide bonds. The van der Waals surface area contributed by atoms with Gasteiger partial charge in [0.1, 0.15) is 0 Å². The van der Waals surface area contributed by atoms with Crippen molar-refractivity contribution in [3.05, 3.63) is 42.2 Å². The Hall–Kier alpha value is -2.96. The van der Waals surface area contributed by atoms with E-state index >= 15 is 0 Å². The molecule has 0 aliphatic carbocycles. The maximum Gasteiger partial charge on any atom is 0.319 e. The summed E-state index contributed by atoms with van der Waals surface area (Å²) < 4.78 is 0. The molecule has 0 spiro atoms.